The first-order chi connectivity index (χ1) is 25.0. The summed E-state index contributed by atoms with van der Waals surface area (Å²) >= 11 is 0. The average molecular weight is 762 g/mol. The topological polar surface area (TPSA) is 122 Å². The Morgan fingerprint density at radius 1 is 0.596 bits per heavy atom. The van der Waals surface area contributed by atoms with E-state index in [0.29, 0.717) is 23.9 Å². The Labute approximate surface area is 320 Å². The van der Waals surface area contributed by atoms with Crippen LogP contribution in [0.1, 0.15) is 206 Å². The van der Waals surface area contributed by atoms with E-state index >= 15 is 0 Å². The van der Waals surface area contributed by atoms with Crippen LogP contribution in [0.2, 0.25) is 0 Å². The Bertz CT molecular complexity index is 881. The van der Waals surface area contributed by atoms with Crippen molar-refractivity contribution in [2.75, 3.05) is 40.9 Å². The van der Waals surface area contributed by atoms with E-state index in [-0.39, 0.29) is 19.4 Å². The van der Waals surface area contributed by atoms with E-state index in [4.69, 9.17) is 13.8 Å². The molecule has 0 saturated carbocycles. The molecule has 0 rings (SSSR count). The van der Waals surface area contributed by atoms with Crippen LogP contribution < -0.4 is 4.89 Å². The van der Waals surface area contributed by atoms with Crippen molar-refractivity contribution in [2.45, 2.75) is 219 Å². The van der Waals surface area contributed by atoms with Crippen molar-refractivity contribution in [3.05, 3.63) is 0 Å². The van der Waals surface area contributed by atoms with Crippen molar-refractivity contribution in [1.29, 1.82) is 0 Å². The molecular formula is C42H84NO8P. The lowest BCUT2D eigenvalue weighted by Crippen LogP contribution is -2.43. The van der Waals surface area contributed by atoms with Crippen LogP contribution in [0.15, 0.2) is 0 Å². The normalized spacial score (nSPS) is 14.3. The van der Waals surface area contributed by atoms with E-state index in [9.17, 15) is 24.2 Å². The molecule has 0 aromatic carbocycles. The fourth-order valence-corrected chi connectivity index (χ4v) is 7.35. The predicted molar refractivity (Wildman–Crippen MR) is 213 cm³/mol. The maximum atomic E-state index is 13.3. The minimum atomic E-state index is -4.91. The maximum absolute atomic E-state index is 13.3. The molecule has 0 spiro atoms. The SMILES string of the molecule is CCCCCCCCCCCCCCCCCC(=O)O[C@@H](CO)C(OP(=O)([O-])OCC[N+](C)(C)C)C(=O)CCCCCCCCCCCCCCC. The number of ketones is 1. The van der Waals surface area contributed by atoms with E-state index in [0.717, 1.165) is 38.5 Å². The number of hydrogen-bond donors (Lipinski definition) is 1. The van der Waals surface area contributed by atoms with Crippen LogP contribution in [0.5, 0.6) is 0 Å². The van der Waals surface area contributed by atoms with Gasteiger partial charge in [0.15, 0.2) is 18.0 Å². The number of carbonyl (C=O) groups is 2. The highest BCUT2D eigenvalue weighted by atomic mass is 31.2. The number of phosphoric ester groups is 1. The lowest BCUT2D eigenvalue weighted by atomic mass is 10.0. The minimum absolute atomic E-state index is 0.0778. The molecule has 0 aliphatic carbocycles. The van der Waals surface area contributed by atoms with Gasteiger partial charge in [-0.2, -0.15) is 0 Å². The van der Waals surface area contributed by atoms with Gasteiger partial charge in [-0.25, -0.2) is 0 Å². The van der Waals surface area contributed by atoms with Crippen LogP contribution in [-0.4, -0.2) is 74.5 Å². The van der Waals surface area contributed by atoms with E-state index in [1.165, 1.54) is 128 Å². The Hall–Kier alpha value is -0.830. The van der Waals surface area contributed by atoms with Gasteiger partial charge in [-0.15, -0.1) is 0 Å². The number of phosphoric acid groups is 1. The second kappa shape index (κ2) is 34.6. The number of Topliss-reactive ketones (excluding diaryl/α,β-unsaturated/α-hetero) is 1. The minimum Gasteiger partial charge on any atom is -0.756 e. The molecule has 52 heavy (non-hydrogen) atoms. The quantitative estimate of drug-likeness (QED) is 0.0283. The standard InChI is InChI=1S/C42H84NO8P/c1-6-8-10-12-14-16-18-20-21-23-25-27-29-31-33-35-41(46)50-40(38-44)42(51-52(47,48)49-37-36-43(3,4)5)39(45)34-32-30-28-26-24-22-19-17-15-13-11-9-7-2/h40,42,44H,6-38H2,1-5H3/t40-,42?/m0/s1. The molecule has 3 atom stereocenters. The van der Waals surface area contributed by atoms with E-state index < -0.39 is 38.4 Å². The number of aliphatic hydroxyl groups excluding tert-OH is 1. The molecule has 10 heteroatoms. The zero-order valence-electron chi connectivity index (χ0n) is 34.7. The highest BCUT2D eigenvalue weighted by Crippen LogP contribution is 2.41. The Kier molecular flexibility index (Phi) is 34.1. The molecule has 1 N–H and O–H groups in total. The first kappa shape index (κ1) is 51.2. The third-order valence-corrected chi connectivity index (χ3v) is 10.9. The molecular weight excluding hydrogens is 677 g/mol. The number of ether oxygens (including phenoxy) is 1. The summed E-state index contributed by atoms with van der Waals surface area (Å²) in [5, 5.41) is 10.1. The van der Waals surface area contributed by atoms with Crippen molar-refractivity contribution in [3.8, 4) is 0 Å². The highest BCUT2D eigenvalue weighted by Gasteiger charge is 2.35. The Morgan fingerprint density at radius 3 is 1.29 bits per heavy atom. The molecule has 2 unspecified atom stereocenters. The Balaban J connectivity index is 4.61. The van der Waals surface area contributed by atoms with Crippen molar-refractivity contribution in [2.24, 2.45) is 0 Å². The first-order valence-electron chi connectivity index (χ1n) is 21.7. The summed E-state index contributed by atoms with van der Waals surface area (Å²) < 4.78 is 29.0. The van der Waals surface area contributed by atoms with Gasteiger partial charge in [-0.3, -0.25) is 14.2 Å². The van der Waals surface area contributed by atoms with Crippen LogP contribution in [0, 0.1) is 0 Å². The second-order valence-electron chi connectivity index (χ2n) is 16.2. The smallest absolute Gasteiger partial charge is 0.306 e. The molecule has 0 heterocycles. The number of unbranched alkanes of at least 4 members (excludes halogenated alkanes) is 26. The molecule has 310 valence electrons. The third kappa shape index (κ3) is 33.7. The van der Waals surface area contributed by atoms with Gasteiger partial charge in [0, 0.05) is 12.8 Å². The summed E-state index contributed by atoms with van der Waals surface area (Å²) in [5.41, 5.74) is 0. The lowest BCUT2D eigenvalue weighted by Gasteiger charge is -2.32. The third-order valence-electron chi connectivity index (χ3n) is 9.88. The molecule has 0 radical (unpaired) electrons. The number of likely N-dealkylation sites (N-methyl/N-ethyl adjacent to an activating group) is 1. The summed E-state index contributed by atoms with van der Waals surface area (Å²) in [6.07, 6.45) is 30.6. The van der Waals surface area contributed by atoms with Gasteiger partial charge in [0.05, 0.1) is 27.7 Å². The molecule has 0 aromatic rings. The van der Waals surface area contributed by atoms with E-state index in [1.807, 2.05) is 21.1 Å². The molecule has 9 nitrogen and oxygen atoms in total. The molecule has 0 aliphatic heterocycles. The number of rotatable bonds is 40. The van der Waals surface area contributed by atoms with Crippen molar-refractivity contribution in [3.63, 3.8) is 0 Å². The maximum Gasteiger partial charge on any atom is 0.306 e. The first-order valence-corrected chi connectivity index (χ1v) is 23.2. The van der Waals surface area contributed by atoms with Crippen LogP contribution in [-0.2, 0) is 27.9 Å². The highest BCUT2D eigenvalue weighted by molar-refractivity contribution is 7.45. The summed E-state index contributed by atoms with van der Waals surface area (Å²) in [4.78, 5) is 38.8. The van der Waals surface area contributed by atoms with Crippen LogP contribution in [0.4, 0.5) is 0 Å². The van der Waals surface area contributed by atoms with E-state index in [1.54, 1.807) is 0 Å². The van der Waals surface area contributed by atoms with Crippen molar-refractivity contribution >= 4 is 19.6 Å². The summed E-state index contributed by atoms with van der Waals surface area (Å²) in [6, 6.07) is 0. The summed E-state index contributed by atoms with van der Waals surface area (Å²) in [6.45, 7) is 4.06. The molecule has 0 bridgehead atoms. The molecule has 0 aromatic heterocycles. The van der Waals surface area contributed by atoms with Gasteiger partial charge < -0.3 is 28.3 Å². The Morgan fingerprint density at radius 2 is 0.942 bits per heavy atom. The van der Waals surface area contributed by atoms with Gasteiger partial charge in [-0.1, -0.05) is 181 Å². The van der Waals surface area contributed by atoms with E-state index in [2.05, 4.69) is 13.8 Å². The van der Waals surface area contributed by atoms with Crippen LogP contribution >= 0.6 is 7.82 Å². The van der Waals surface area contributed by atoms with Gasteiger partial charge in [0.2, 0.25) is 0 Å². The van der Waals surface area contributed by atoms with Gasteiger partial charge in [0.1, 0.15) is 13.2 Å². The average Bonchev–Trinajstić information content (AvgIpc) is 3.09. The number of aliphatic hydroxyl groups is 1. The molecule has 0 saturated heterocycles. The summed E-state index contributed by atoms with van der Waals surface area (Å²) in [5.74, 6) is -1.07. The fraction of sp³-hybridized carbons (Fsp3) is 0.952. The number of hydrogen-bond acceptors (Lipinski definition) is 8. The van der Waals surface area contributed by atoms with Crippen molar-refractivity contribution < 1.29 is 42.4 Å². The zero-order valence-corrected chi connectivity index (χ0v) is 35.6. The van der Waals surface area contributed by atoms with Crippen LogP contribution in [0.3, 0.4) is 0 Å². The lowest BCUT2D eigenvalue weighted by molar-refractivity contribution is -0.870. The second-order valence-corrected chi connectivity index (χ2v) is 17.6. The van der Waals surface area contributed by atoms with Gasteiger partial charge in [-0.05, 0) is 12.8 Å². The van der Waals surface area contributed by atoms with Crippen LogP contribution in [0.25, 0.3) is 0 Å². The van der Waals surface area contributed by atoms with Gasteiger partial charge in [0.25, 0.3) is 7.82 Å². The largest absolute Gasteiger partial charge is 0.756 e. The molecule has 0 aliphatic rings. The molecule has 0 fully saturated rings. The monoisotopic (exact) mass is 762 g/mol. The summed E-state index contributed by atoms with van der Waals surface area (Å²) in [7, 11) is 0.806. The fourth-order valence-electron chi connectivity index (χ4n) is 6.45. The number of nitrogens with zero attached hydrogens (tertiary/aromatic N) is 1. The zero-order chi connectivity index (χ0) is 38.8. The molecule has 0 amide bonds. The number of esters is 1. The number of carbonyl (C=O) groups excluding carboxylic acids is 2. The van der Waals surface area contributed by atoms with Crippen molar-refractivity contribution in [1.82, 2.24) is 0 Å². The number of quaternary nitrogens is 1. The predicted octanol–water partition coefficient (Wildman–Crippen LogP) is 10.8. The van der Waals surface area contributed by atoms with Gasteiger partial charge >= 0.3 is 5.97 Å².